The Labute approximate surface area is 140 Å². The van der Waals surface area contributed by atoms with Crippen LogP contribution in [0, 0.1) is 28.8 Å². The molecule has 2 aromatic rings. The second kappa shape index (κ2) is 7.49. The summed E-state index contributed by atoms with van der Waals surface area (Å²) < 4.78 is 40.2. The molecule has 5 nitrogen and oxygen atoms in total. The van der Waals surface area contributed by atoms with E-state index in [9.17, 15) is 22.8 Å². The molecule has 0 bridgehead atoms. The molecule has 0 spiro atoms. The molecule has 25 heavy (non-hydrogen) atoms. The predicted molar refractivity (Wildman–Crippen MR) is 81.6 cm³/mol. The van der Waals surface area contributed by atoms with Crippen molar-refractivity contribution in [2.45, 2.75) is 12.5 Å². The normalized spacial score (nSPS) is 11.4. The molecule has 128 valence electrons. The fourth-order valence-corrected chi connectivity index (χ4v) is 2.22. The van der Waals surface area contributed by atoms with E-state index in [1.54, 1.807) is 18.2 Å². The van der Waals surface area contributed by atoms with Gasteiger partial charge in [-0.2, -0.15) is 5.26 Å². The number of carbonyl (C=O) groups excluding carboxylic acids is 2. The Morgan fingerprint density at radius 1 is 1.16 bits per heavy atom. The number of hydrogen-bond donors (Lipinski definition) is 2. The average Bonchev–Trinajstić information content (AvgIpc) is 2.53. The minimum Gasteiger partial charge on any atom is -0.368 e. The second-order valence-electron chi connectivity index (χ2n) is 5.19. The lowest BCUT2D eigenvalue weighted by molar-refractivity contribution is -0.119. The number of nitrogens with zero attached hydrogens (tertiary/aromatic N) is 1. The number of halogens is 3. The number of hydrogen-bond acceptors (Lipinski definition) is 3. The van der Waals surface area contributed by atoms with Crippen LogP contribution in [0.1, 0.15) is 21.5 Å². The molecule has 0 aliphatic heterocycles. The molecular weight excluding hydrogens is 335 g/mol. The van der Waals surface area contributed by atoms with E-state index in [0.717, 1.165) is 0 Å². The van der Waals surface area contributed by atoms with Crippen LogP contribution in [-0.4, -0.2) is 17.9 Å². The van der Waals surface area contributed by atoms with Gasteiger partial charge in [-0.05, 0) is 17.7 Å². The molecule has 0 radical (unpaired) electrons. The van der Waals surface area contributed by atoms with E-state index in [0.29, 0.717) is 23.3 Å². The summed E-state index contributed by atoms with van der Waals surface area (Å²) in [5.74, 6) is -6.14. The quantitative estimate of drug-likeness (QED) is 0.863. The van der Waals surface area contributed by atoms with Crippen LogP contribution < -0.4 is 11.1 Å². The van der Waals surface area contributed by atoms with Gasteiger partial charge in [0, 0.05) is 18.6 Å². The molecule has 2 aromatic carbocycles. The van der Waals surface area contributed by atoms with Gasteiger partial charge in [0.1, 0.15) is 29.1 Å². The van der Waals surface area contributed by atoms with Gasteiger partial charge in [0.05, 0.1) is 11.6 Å². The van der Waals surface area contributed by atoms with Crippen molar-refractivity contribution >= 4 is 11.8 Å². The zero-order chi connectivity index (χ0) is 18.6. The number of nitrogens with two attached hydrogens (primary N) is 1. The third-order valence-electron chi connectivity index (χ3n) is 3.38. The Bertz CT molecular complexity index is 855. The number of carbonyl (C=O) groups is 2. The van der Waals surface area contributed by atoms with Gasteiger partial charge in [-0.1, -0.05) is 12.1 Å². The number of primary amides is 1. The molecule has 0 saturated heterocycles. The lowest BCUT2D eigenvalue weighted by Crippen LogP contribution is -2.46. The molecule has 0 unspecified atom stereocenters. The topological polar surface area (TPSA) is 96.0 Å². The van der Waals surface area contributed by atoms with Crippen LogP contribution in [0.3, 0.4) is 0 Å². The lowest BCUT2D eigenvalue weighted by Gasteiger charge is -2.16. The SMILES string of the molecule is N#Cc1cccc(C[C@@H](NC(=O)c2c(F)cc(F)cc2F)C(N)=O)c1. The van der Waals surface area contributed by atoms with Gasteiger partial charge in [-0.25, -0.2) is 13.2 Å². The highest BCUT2D eigenvalue weighted by molar-refractivity contribution is 5.97. The van der Waals surface area contributed by atoms with Crippen LogP contribution in [0.5, 0.6) is 0 Å². The smallest absolute Gasteiger partial charge is 0.257 e. The third-order valence-corrected chi connectivity index (χ3v) is 3.38. The lowest BCUT2D eigenvalue weighted by atomic mass is 10.0. The highest BCUT2D eigenvalue weighted by atomic mass is 19.1. The van der Waals surface area contributed by atoms with Crippen molar-refractivity contribution < 1.29 is 22.8 Å². The number of rotatable bonds is 5. The van der Waals surface area contributed by atoms with Crippen molar-refractivity contribution in [3.8, 4) is 6.07 Å². The fraction of sp³-hybridized carbons (Fsp3) is 0.118. The van der Waals surface area contributed by atoms with Crippen LogP contribution in [-0.2, 0) is 11.2 Å². The van der Waals surface area contributed by atoms with Gasteiger partial charge in [0.25, 0.3) is 5.91 Å². The molecule has 0 aromatic heterocycles. The Balaban J connectivity index is 2.23. The molecule has 3 N–H and O–H groups in total. The highest BCUT2D eigenvalue weighted by Crippen LogP contribution is 2.15. The van der Waals surface area contributed by atoms with Crippen molar-refractivity contribution in [1.29, 1.82) is 5.26 Å². The van der Waals surface area contributed by atoms with Crippen LogP contribution >= 0.6 is 0 Å². The highest BCUT2D eigenvalue weighted by Gasteiger charge is 2.24. The van der Waals surface area contributed by atoms with Crippen LogP contribution in [0.15, 0.2) is 36.4 Å². The Kier molecular flexibility index (Phi) is 5.39. The van der Waals surface area contributed by atoms with Gasteiger partial charge >= 0.3 is 0 Å². The maximum atomic E-state index is 13.6. The van der Waals surface area contributed by atoms with Gasteiger partial charge in [-0.3, -0.25) is 9.59 Å². The van der Waals surface area contributed by atoms with E-state index in [1.165, 1.54) is 6.07 Å². The van der Waals surface area contributed by atoms with Crippen LogP contribution in [0.4, 0.5) is 13.2 Å². The summed E-state index contributed by atoms with van der Waals surface area (Å²) in [6.45, 7) is 0. The van der Waals surface area contributed by atoms with Crippen molar-refractivity contribution in [1.82, 2.24) is 5.32 Å². The van der Waals surface area contributed by atoms with E-state index in [1.807, 2.05) is 6.07 Å². The summed E-state index contributed by atoms with van der Waals surface area (Å²) in [7, 11) is 0. The summed E-state index contributed by atoms with van der Waals surface area (Å²) in [6.07, 6.45) is -0.0823. The molecule has 8 heteroatoms. The molecule has 2 amide bonds. The first-order valence-electron chi connectivity index (χ1n) is 7.05. The second-order valence-corrected chi connectivity index (χ2v) is 5.19. The van der Waals surface area contributed by atoms with E-state index >= 15 is 0 Å². The first kappa shape index (κ1) is 18.0. The van der Waals surface area contributed by atoms with Crippen molar-refractivity contribution in [2.75, 3.05) is 0 Å². The minimum absolute atomic E-state index is 0.0823. The van der Waals surface area contributed by atoms with E-state index in [-0.39, 0.29) is 6.42 Å². The van der Waals surface area contributed by atoms with Gasteiger partial charge in [0.2, 0.25) is 5.91 Å². The van der Waals surface area contributed by atoms with Crippen LogP contribution in [0.25, 0.3) is 0 Å². The molecule has 0 aliphatic carbocycles. The van der Waals surface area contributed by atoms with Gasteiger partial charge in [0.15, 0.2) is 0 Å². The summed E-state index contributed by atoms with van der Waals surface area (Å²) in [5.41, 5.74) is 5.05. The number of amides is 2. The first-order valence-corrected chi connectivity index (χ1v) is 7.05. The number of nitrogens with one attached hydrogen (secondary N) is 1. The minimum atomic E-state index is -1.40. The Morgan fingerprint density at radius 2 is 1.80 bits per heavy atom. The van der Waals surface area contributed by atoms with E-state index in [2.05, 4.69) is 5.32 Å². The molecule has 2 rings (SSSR count). The standard InChI is InChI=1S/C17H12F3N3O2/c18-11-6-12(19)15(13(20)7-11)17(25)23-14(16(22)24)5-9-2-1-3-10(4-9)8-21/h1-4,6-7,14H,5H2,(H2,22,24)(H,23,25)/t14-/m1/s1. The summed E-state index contributed by atoms with van der Waals surface area (Å²) >= 11 is 0. The Morgan fingerprint density at radius 3 is 2.36 bits per heavy atom. The molecule has 0 saturated carbocycles. The zero-order valence-corrected chi connectivity index (χ0v) is 12.7. The first-order chi connectivity index (χ1) is 11.8. The van der Waals surface area contributed by atoms with E-state index < -0.39 is 40.9 Å². The van der Waals surface area contributed by atoms with Crippen LogP contribution in [0.2, 0.25) is 0 Å². The predicted octanol–water partition coefficient (Wildman–Crippen LogP) is 1.80. The zero-order valence-electron chi connectivity index (χ0n) is 12.7. The number of nitriles is 1. The third kappa shape index (κ3) is 4.35. The fourth-order valence-electron chi connectivity index (χ4n) is 2.22. The van der Waals surface area contributed by atoms with Gasteiger partial charge < -0.3 is 11.1 Å². The molecule has 0 aliphatic rings. The molecule has 0 heterocycles. The molecule has 1 atom stereocenters. The van der Waals surface area contributed by atoms with E-state index in [4.69, 9.17) is 11.0 Å². The average molecular weight is 347 g/mol. The van der Waals surface area contributed by atoms with Crippen molar-refractivity contribution in [2.24, 2.45) is 5.73 Å². The monoisotopic (exact) mass is 347 g/mol. The summed E-state index contributed by atoms with van der Waals surface area (Å²) in [6, 6.07) is 7.56. The van der Waals surface area contributed by atoms with Gasteiger partial charge in [-0.15, -0.1) is 0 Å². The maximum absolute atomic E-state index is 13.6. The maximum Gasteiger partial charge on any atom is 0.257 e. The summed E-state index contributed by atoms with van der Waals surface area (Å²) in [5, 5.41) is 11.0. The Hall–Kier alpha value is -3.34. The van der Waals surface area contributed by atoms with Crippen molar-refractivity contribution in [3.05, 3.63) is 70.5 Å². The van der Waals surface area contributed by atoms with Crippen molar-refractivity contribution in [3.63, 3.8) is 0 Å². The molecular formula is C17H12F3N3O2. The number of benzene rings is 2. The largest absolute Gasteiger partial charge is 0.368 e. The molecule has 0 fully saturated rings. The summed E-state index contributed by atoms with van der Waals surface area (Å²) in [4.78, 5) is 23.6.